The van der Waals surface area contributed by atoms with Gasteiger partial charge >= 0.3 is 0 Å². The van der Waals surface area contributed by atoms with E-state index in [1.54, 1.807) is 0 Å². The van der Waals surface area contributed by atoms with Crippen LogP contribution in [0.4, 0.5) is 18.9 Å². The number of amides is 1. The molecule has 0 radical (unpaired) electrons. The van der Waals surface area contributed by atoms with E-state index in [0.29, 0.717) is 18.9 Å². The Morgan fingerprint density at radius 2 is 1.61 bits per heavy atom. The van der Waals surface area contributed by atoms with Gasteiger partial charge in [-0.1, -0.05) is 12.8 Å². The Hall–Kier alpha value is -1.91. The number of anilines is 1. The number of hydrogen-bond acceptors (Lipinski definition) is 3. The van der Waals surface area contributed by atoms with E-state index in [1.807, 2.05) is 0 Å². The molecule has 10 heteroatoms. The number of benzene rings is 2. The summed E-state index contributed by atoms with van der Waals surface area (Å²) in [6.07, 6.45) is 3.09. The number of rotatable bonds is 5. The first-order valence-corrected chi connectivity index (χ1v) is 10.7. The number of carbonyl (C=O) groups excluding carboxylic acids is 1. The quantitative estimate of drug-likeness (QED) is 0.673. The van der Waals surface area contributed by atoms with E-state index >= 15 is 0 Å². The van der Waals surface area contributed by atoms with E-state index in [2.05, 4.69) is 26.0 Å². The maximum absolute atomic E-state index is 14.3. The second-order valence-electron chi connectivity index (χ2n) is 6.48. The monoisotopic (exact) mass is 476 g/mol. The van der Waals surface area contributed by atoms with Crippen LogP contribution in [0.15, 0.2) is 39.7 Å². The van der Waals surface area contributed by atoms with Gasteiger partial charge in [-0.2, -0.15) is 0 Å². The lowest BCUT2D eigenvalue weighted by atomic mass is 10.2. The highest BCUT2D eigenvalue weighted by Crippen LogP contribution is 2.27. The molecule has 1 saturated carbocycles. The molecule has 0 atom stereocenters. The number of sulfonamides is 1. The molecule has 0 spiro atoms. The molecule has 0 heterocycles. The van der Waals surface area contributed by atoms with Gasteiger partial charge in [0.1, 0.15) is 22.3 Å². The third-order valence-electron chi connectivity index (χ3n) is 4.35. The van der Waals surface area contributed by atoms with Gasteiger partial charge in [0.2, 0.25) is 10.0 Å². The smallest absolute Gasteiger partial charge is 0.256 e. The summed E-state index contributed by atoms with van der Waals surface area (Å²) in [6, 6.07) is 3.92. The van der Waals surface area contributed by atoms with Crippen LogP contribution in [-0.4, -0.2) is 20.4 Å². The lowest BCUT2D eigenvalue weighted by Crippen LogP contribution is -2.33. The Labute approximate surface area is 168 Å². The van der Waals surface area contributed by atoms with Crippen LogP contribution >= 0.6 is 15.9 Å². The van der Waals surface area contributed by atoms with Crippen molar-refractivity contribution in [2.24, 2.45) is 0 Å². The average Bonchev–Trinajstić information content (AvgIpc) is 3.05. The van der Waals surface area contributed by atoms with E-state index in [1.165, 1.54) is 0 Å². The number of hydrogen-bond donors (Lipinski definition) is 2. The van der Waals surface area contributed by atoms with Crippen molar-refractivity contribution in [2.45, 2.75) is 36.6 Å². The minimum Gasteiger partial charge on any atom is -0.322 e. The molecule has 28 heavy (non-hydrogen) atoms. The van der Waals surface area contributed by atoms with E-state index in [9.17, 15) is 26.4 Å². The maximum atomic E-state index is 14.3. The fourth-order valence-electron chi connectivity index (χ4n) is 3.06. The van der Waals surface area contributed by atoms with Gasteiger partial charge in [0.05, 0.1) is 5.56 Å². The number of nitrogens with one attached hydrogen (secondary N) is 2. The molecule has 0 unspecified atom stereocenters. The van der Waals surface area contributed by atoms with Gasteiger partial charge in [-0.15, -0.1) is 0 Å². The zero-order valence-electron chi connectivity index (χ0n) is 14.4. The summed E-state index contributed by atoms with van der Waals surface area (Å²) in [5.41, 5.74) is -0.356. The molecule has 0 saturated heterocycles. The summed E-state index contributed by atoms with van der Waals surface area (Å²) in [5, 5.41) is 2.27. The van der Waals surface area contributed by atoms with Crippen LogP contribution in [0.3, 0.4) is 0 Å². The van der Waals surface area contributed by atoms with E-state index < -0.39 is 38.3 Å². The van der Waals surface area contributed by atoms with Crippen LogP contribution in [0.2, 0.25) is 0 Å². The van der Waals surface area contributed by atoms with E-state index in [4.69, 9.17) is 0 Å². The molecule has 1 fully saturated rings. The third kappa shape index (κ3) is 4.73. The highest BCUT2D eigenvalue weighted by molar-refractivity contribution is 9.10. The van der Waals surface area contributed by atoms with Crippen LogP contribution in [-0.2, 0) is 10.0 Å². The van der Waals surface area contributed by atoms with Crippen molar-refractivity contribution in [3.63, 3.8) is 0 Å². The summed E-state index contributed by atoms with van der Waals surface area (Å²) in [5.74, 6) is -3.66. The van der Waals surface area contributed by atoms with Gasteiger partial charge in [-0.3, -0.25) is 4.79 Å². The Morgan fingerprint density at radius 3 is 2.21 bits per heavy atom. The van der Waals surface area contributed by atoms with Crippen molar-refractivity contribution in [3.05, 3.63) is 57.8 Å². The first kappa shape index (κ1) is 20.8. The SMILES string of the molecule is O=C(Nc1cc(F)cc(F)c1)c1cc(S(=O)(=O)NC2CCCC2)c(F)cc1Br. The maximum Gasteiger partial charge on any atom is 0.256 e. The zero-order chi connectivity index (χ0) is 20.5. The van der Waals surface area contributed by atoms with Gasteiger partial charge in [0.25, 0.3) is 5.91 Å². The summed E-state index contributed by atoms with van der Waals surface area (Å²) in [7, 11) is -4.18. The van der Waals surface area contributed by atoms with E-state index in [0.717, 1.165) is 37.1 Å². The molecule has 2 aromatic carbocycles. The van der Waals surface area contributed by atoms with Gasteiger partial charge in [-0.25, -0.2) is 26.3 Å². The third-order valence-corrected chi connectivity index (χ3v) is 6.54. The molecule has 5 nitrogen and oxygen atoms in total. The van der Waals surface area contributed by atoms with Gasteiger partial charge in [0.15, 0.2) is 0 Å². The van der Waals surface area contributed by atoms with Crippen molar-refractivity contribution in [1.29, 1.82) is 0 Å². The molecule has 0 aromatic heterocycles. The Bertz CT molecular complexity index is 1000. The van der Waals surface area contributed by atoms with Crippen LogP contribution in [0.1, 0.15) is 36.0 Å². The number of halogens is 4. The zero-order valence-corrected chi connectivity index (χ0v) is 16.8. The Morgan fingerprint density at radius 1 is 1.00 bits per heavy atom. The Kier molecular flexibility index (Phi) is 6.11. The number of carbonyl (C=O) groups is 1. The molecule has 3 rings (SSSR count). The molecule has 0 aliphatic heterocycles. The second kappa shape index (κ2) is 8.22. The predicted octanol–water partition coefficient (Wildman–Crippen LogP) is 4.34. The van der Waals surface area contributed by atoms with Crippen LogP contribution < -0.4 is 10.0 Å². The molecule has 1 amide bonds. The molecule has 1 aliphatic rings. The second-order valence-corrected chi connectivity index (χ2v) is 9.01. The first-order chi connectivity index (χ1) is 13.2. The predicted molar refractivity (Wildman–Crippen MR) is 101 cm³/mol. The highest BCUT2D eigenvalue weighted by atomic mass is 79.9. The van der Waals surface area contributed by atoms with Crippen LogP contribution in [0.5, 0.6) is 0 Å². The van der Waals surface area contributed by atoms with Crippen LogP contribution in [0.25, 0.3) is 0 Å². The molecule has 1 aliphatic carbocycles. The average molecular weight is 477 g/mol. The molecule has 2 N–H and O–H groups in total. The van der Waals surface area contributed by atoms with Crippen molar-refractivity contribution in [3.8, 4) is 0 Å². The van der Waals surface area contributed by atoms with Crippen molar-refractivity contribution in [2.75, 3.05) is 5.32 Å². The van der Waals surface area contributed by atoms with Crippen molar-refractivity contribution >= 4 is 37.5 Å². The fourth-order valence-corrected chi connectivity index (χ4v) is 4.95. The molecular formula is C18H16BrF3N2O3S. The molecule has 150 valence electrons. The van der Waals surface area contributed by atoms with Gasteiger partial charge in [-0.05, 0) is 53.0 Å². The minimum absolute atomic E-state index is 0.000749. The Balaban J connectivity index is 1.91. The topological polar surface area (TPSA) is 75.3 Å². The van der Waals surface area contributed by atoms with E-state index in [-0.39, 0.29) is 21.8 Å². The largest absolute Gasteiger partial charge is 0.322 e. The standard InChI is InChI=1S/C18H16BrF3N2O3S/c19-15-9-16(22)17(28(26,27)24-12-3-1-2-4-12)8-14(15)18(25)23-13-6-10(20)5-11(21)7-13/h5-9,12,24H,1-4H2,(H,23,25). The fraction of sp³-hybridized carbons (Fsp3) is 0.278. The van der Waals surface area contributed by atoms with Crippen molar-refractivity contribution in [1.82, 2.24) is 4.72 Å². The minimum atomic E-state index is -4.18. The summed E-state index contributed by atoms with van der Waals surface area (Å²) >= 11 is 3.01. The lowest BCUT2D eigenvalue weighted by molar-refractivity contribution is 0.102. The molecule has 0 bridgehead atoms. The first-order valence-electron chi connectivity index (χ1n) is 8.44. The van der Waals surface area contributed by atoms with Gasteiger partial charge < -0.3 is 5.32 Å². The normalized spacial score (nSPS) is 15.0. The van der Waals surface area contributed by atoms with Gasteiger partial charge in [0, 0.05) is 22.3 Å². The summed E-state index contributed by atoms with van der Waals surface area (Å²) in [6.45, 7) is 0. The molecule has 2 aromatic rings. The summed E-state index contributed by atoms with van der Waals surface area (Å²) in [4.78, 5) is 11.8. The highest BCUT2D eigenvalue weighted by Gasteiger charge is 2.27. The van der Waals surface area contributed by atoms with Crippen LogP contribution in [0, 0.1) is 17.5 Å². The molecular weight excluding hydrogens is 461 g/mol. The summed E-state index contributed by atoms with van der Waals surface area (Å²) < 4.78 is 68.4. The lowest BCUT2D eigenvalue weighted by Gasteiger charge is -2.15. The van der Waals surface area contributed by atoms with Crippen molar-refractivity contribution < 1.29 is 26.4 Å².